The maximum absolute atomic E-state index is 5.11. The Kier molecular flexibility index (Phi) is 5.14. The number of hydrogen-bond acceptors (Lipinski definition) is 3. The van der Waals surface area contributed by atoms with E-state index in [-0.39, 0.29) is 0 Å². The van der Waals surface area contributed by atoms with Crippen LogP contribution in [0.2, 0.25) is 0 Å². The lowest BCUT2D eigenvalue weighted by Crippen LogP contribution is -1.92. The van der Waals surface area contributed by atoms with Crippen molar-refractivity contribution in [3.8, 4) is 33.6 Å². The number of fused-ring (bicyclic) bond motifs is 6. The molecule has 0 saturated carbocycles. The molecule has 8 rings (SSSR count). The molecule has 3 heterocycles. The monoisotopic (exact) mass is 509 g/mol. The van der Waals surface area contributed by atoms with Gasteiger partial charge in [0.25, 0.3) is 0 Å². The van der Waals surface area contributed by atoms with Gasteiger partial charge in [0.15, 0.2) is 0 Å². The number of pyridine rings is 3. The number of aromatic nitrogens is 3. The van der Waals surface area contributed by atoms with Crippen molar-refractivity contribution in [3.63, 3.8) is 0 Å². The zero-order chi connectivity index (χ0) is 26.5. The Morgan fingerprint density at radius 1 is 0.425 bits per heavy atom. The minimum absolute atomic E-state index is 0.924. The molecule has 0 aliphatic heterocycles. The van der Waals surface area contributed by atoms with E-state index < -0.39 is 0 Å². The van der Waals surface area contributed by atoms with E-state index in [9.17, 15) is 0 Å². The lowest BCUT2D eigenvalue weighted by atomic mass is 9.93. The molecule has 186 valence electrons. The van der Waals surface area contributed by atoms with E-state index in [1.165, 1.54) is 10.8 Å². The lowest BCUT2D eigenvalue weighted by molar-refractivity contribution is 1.37. The summed E-state index contributed by atoms with van der Waals surface area (Å²) in [5, 5.41) is 5.75. The Hall–Kier alpha value is -5.41. The number of rotatable bonds is 3. The van der Waals surface area contributed by atoms with Crippen LogP contribution in [-0.2, 0) is 0 Å². The average Bonchev–Trinajstić information content (AvgIpc) is 3.04. The maximum atomic E-state index is 5.11. The molecule has 8 aromatic rings. The van der Waals surface area contributed by atoms with Crippen LogP contribution in [0.3, 0.4) is 0 Å². The van der Waals surface area contributed by atoms with Crippen molar-refractivity contribution in [3.05, 3.63) is 140 Å². The first-order valence-corrected chi connectivity index (χ1v) is 13.5. The van der Waals surface area contributed by atoms with Gasteiger partial charge >= 0.3 is 0 Å². The number of benzene rings is 5. The quantitative estimate of drug-likeness (QED) is 0.223. The molecule has 3 nitrogen and oxygen atoms in total. The van der Waals surface area contributed by atoms with Gasteiger partial charge in [-0.05, 0) is 52.2 Å². The van der Waals surface area contributed by atoms with Crippen LogP contribution >= 0.6 is 0 Å². The van der Waals surface area contributed by atoms with Crippen LogP contribution < -0.4 is 0 Å². The summed E-state index contributed by atoms with van der Waals surface area (Å²) >= 11 is 0. The van der Waals surface area contributed by atoms with Crippen LogP contribution in [-0.4, -0.2) is 15.0 Å². The highest BCUT2D eigenvalue weighted by Crippen LogP contribution is 2.38. The molecular formula is C37H23N3. The molecule has 5 aromatic carbocycles. The zero-order valence-corrected chi connectivity index (χ0v) is 21.6. The zero-order valence-electron chi connectivity index (χ0n) is 21.6. The van der Waals surface area contributed by atoms with Gasteiger partial charge in [0.1, 0.15) is 0 Å². The van der Waals surface area contributed by atoms with Crippen LogP contribution in [0, 0.1) is 0 Å². The molecule has 0 aliphatic carbocycles. The molecule has 0 saturated heterocycles. The third-order valence-electron chi connectivity index (χ3n) is 7.67. The summed E-state index contributed by atoms with van der Waals surface area (Å²) in [5.74, 6) is 0. The van der Waals surface area contributed by atoms with Gasteiger partial charge in [-0.1, -0.05) is 103 Å². The first kappa shape index (κ1) is 22.6. The average molecular weight is 510 g/mol. The van der Waals surface area contributed by atoms with E-state index in [4.69, 9.17) is 9.97 Å². The van der Waals surface area contributed by atoms with Crippen LogP contribution in [0.5, 0.6) is 0 Å². The third-order valence-corrected chi connectivity index (χ3v) is 7.67. The highest BCUT2D eigenvalue weighted by Gasteiger charge is 2.14. The Labute approximate surface area is 231 Å². The fourth-order valence-corrected chi connectivity index (χ4v) is 5.72. The normalized spacial score (nSPS) is 11.5. The molecule has 0 bridgehead atoms. The number of nitrogens with zero attached hydrogens (tertiary/aromatic N) is 3. The Bertz CT molecular complexity index is 2220. The summed E-state index contributed by atoms with van der Waals surface area (Å²) in [5.41, 5.74) is 9.20. The van der Waals surface area contributed by atoms with Gasteiger partial charge in [-0.3, -0.25) is 4.98 Å². The second kappa shape index (κ2) is 9.11. The Morgan fingerprint density at radius 2 is 1.15 bits per heavy atom. The van der Waals surface area contributed by atoms with Gasteiger partial charge in [0.05, 0.1) is 27.9 Å². The van der Waals surface area contributed by atoms with Crippen LogP contribution in [0.25, 0.3) is 77.1 Å². The summed E-state index contributed by atoms with van der Waals surface area (Å²) < 4.78 is 0. The van der Waals surface area contributed by atoms with E-state index in [2.05, 4.69) is 126 Å². The lowest BCUT2D eigenvalue weighted by Gasteiger charge is -2.14. The summed E-state index contributed by atoms with van der Waals surface area (Å²) in [6, 6.07) is 46.7. The van der Waals surface area contributed by atoms with Gasteiger partial charge < -0.3 is 0 Å². The van der Waals surface area contributed by atoms with Gasteiger partial charge in [-0.15, -0.1) is 0 Å². The van der Waals surface area contributed by atoms with Crippen molar-refractivity contribution in [1.82, 2.24) is 15.0 Å². The second-order valence-corrected chi connectivity index (χ2v) is 10.1. The fraction of sp³-hybridized carbons (Fsp3) is 0. The smallest absolute Gasteiger partial charge is 0.0972 e. The summed E-state index contributed by atoms with van der Waals surface area (Å²) in [4.78, 5) is 14.9. The molecule has 0 radical (unpaired) electrons. The molecule has 0 N–H and O–H groups in total. The highest BCUT2D eigenvalue weighted by atomic mass is 14.8. The van der Waals surface area contributed by atoms with Crippen molar-refractivity contribution in [2.24, 2.45) is 0 Å². The molecule has 0 aliphatic rings. The molecule has 0 amide bonds. The maximum Gasteiger partial charge on any atom is 0.0972 e. The van der Waals surface area contributed by atoms with Gasteiger partial charge in [-0.2, -0.15) is 0 Å². The van der Waals surface area contributed by atoms with E-state index in [1.807, 2.05) is 18.3 Å². The summed E-state index contributed by atoms with van der Waals surface area (Å²) in [6.07, 6.45) is 1.83. The molecule has 40 heavy (non-hydrogen) atoms. The first-order chi connectivity index (χ1) is 19.8. The third kappa shape index (κ3) is 3.71. The number of hydrogen-bond donors (Lipinski definition) is 0. The Morgan fingerprint density at radius 3 is 2.08 bits per heavy atom. The molecule has 0 unspecified atom stereocenters. The van der Waals surface area contributed by atoms with Gasteiger partial charge in [0, 0.05) is 33.5 Å². The molecule has 0 spiro atoms. The van der Waals surface area contributed by atoms with E-state index >= 15 is 0 Å². The topological polar surface area (TPSA) is 38.7 Å². The predicted octanol–water partition coefficient (Wildman–Crippen LogP) is 9.49. The molecule has 0 atom stereocenters. The fourth-order valence-electron chi connectivity index (χ4n) is 5.72. The summed E-state index contributed by atoms with van der Waals surface area (Å²) in [6.45, 7) is 0. The van der Waals surface area contributed by atoms with Crippen molar-refractivity contribution >= 4 is 43.5 Å². The van der Waals surface area contributed by atoms with Crippen LogP contribution in [0.1, 0.15) is 0 Å². The summed E-state index contributed by atoms with van der Waals surface area (Å²) in [7, 11) is 0. The Balaban J connectivity index is 1.37. The second-order valence-electron chi connectivity index (χ2n) is 10.1. The molecular weight excluding hydrogens is 486 g/mol. The van der Waals surface area contributed by atoms with Gasteiger partial charge in [-0.25, -0.2) is 9.97 Å². The van der Waals surface area contributed by atoms with Crippen molar-refractivity contribution < 1.29 is 0 Å². The standard InChI is InChI=1S/C37H23N3/c1-2-9-25(10-3-1)34-23-31(35-30-14-5-4-8-24(30)17-20-33(35)39-34)28-11-6-12-29(22-28)32-19-18-27-16-15-26-13-7-21-38-36(26)37(27)40-32/h1-23H. The molecule has 3 heteroatoms. The SMILES string of the molecule is c1ccc(-c2cc(-c3cccc(-c4ccc5ccc6cccnc6c5n4)c3)c3c(ccc4ccccc43)n2)cc1. The highest BCUT2D eigenvalue weighted by molar-refractivity contribution is 6.14. The molecule has 0 fully saturated rings. The predicted molar refractivity (Wildman–Crippen MR) is 166 cm³/mol. The van der Waals surface area contributed by atoms with Crippen LogP contribution in [0.4, 0.5) is 0 Å². The first-order valence-electron chi connectivity index (χ1n) is 13.5. The van der Waals surface area contributed by atoms with Gasteiger partial charge in [0.2, 0.25) is 0 Å². The van der Waals surface area contributed by atoms with E-state index in [0.717, 1.165) is 66.4 Å². The van der Waals surface area contributed by atoms with E-state index in [0.29, 0.717) is 0 Å². The van der Waals surface area contributed by atoms with Crippen LogP contribution in [0.15, 0.2) is 140 Å². The largest absolute Gasteiger partial charge is 0.254 e. The van der Waals surface area contributed by atoms with Crippen molar-refractivity contribution in [2.45, 2.75) is 0 Å². The minimum Gasteiger partial charge on any atom is -0.254 e. The van der Waals surface area contributed by atoms with Crippen molar-refractivity contribution in [1.29, 1.82) is 0 Å². The minimum atomic E-state index is 0.924. The van der Waals surface area contributed by atoms with Crippen molar-refractivity contribution in [2.75, 3.05) is 0 Å². The molecule has 3 aromatic heterocycles. The van der Waals surface area contributed by atoms with E-state index in [1.54, 1.807) is 0 Å².